The van der Waals surface area contributed by atoms with Crippen molar-refractivity contribution < 1.29 is 17.9 Å². The van der Waals surface area contributed by atoms with Crippen LogP contribution >= 0.6 is 0 Å². The van der Waals surface area contributed by atoms with Gasteiger partial charge in [-0.05, 0) is 18.6 Å². The summed E-state index contributed by atoms with van der Waals surface area (Å²) in [7, 11) is -1.33. The number of nitrogens with zero attached hydrogens (tertiary/aromatic N) is 1. The SMILES string of the molecule is CN(C(=O)CCOc1cccc(N)c1)C1CCS(=O)(=O)C1. The second kappa shape index (κ2) is 6.34. The van der Waals surface area contributed by atoms with E-state index < -0.39 is 9.84 Å². The molecule has 0 aliphatic carbocycles. The molecule has 1 amide bonds. The van der Waals surface area contributed by atoms with Gasteiger partial charge < -0.3 is 15.4 Å². The van der Waals surface area contributed by atoms with Crippen LogP contribution in [0.25, 0.3) is 0 Å². The third kappa shape index (κ3) is 4.35. The van der Waals surface area contributed by atoms with Gasteiger partial charge in [0, 0.05) is 24.8 Å². The van der Waals surface area contributed by atoms with Crippen LogP contribution < -0.4 is 10.5 Å². The van der Waals surface area contributed by atoms with Crippen LogP contribution in [0, 0.1) is 0 Å². The molecule has 0 saturated carbocycles. The quantitative estimate of drug-likeness (QED) is 0.808. The zero-order valence-electron chi connectivity index (χ0n) is 12.0. The third-order valence-corrected chi connectivity index (χ3v) is 5.34. The van der Waals surface area contributed by atoms with Crippen LogP contribution in [0.2, 0.25) is 0 Å². The molecule has 0 bridgehead atoms. The first-order valence-corrected chi connectivity index (χ1v) is 8.64. The number of rotatable bonds is 5. The molecule has 0 aromatic heterocycles. The first kappa shape index (κ1) is 15.6. The van der Waals surface area contributed by atoms with E-state index in [4.69, 9.17) is 10.5 Å². The van der Waals surface area contributed by atoms with Crippen molar-refractivity contribution in [2.24, 2.45) is 0 Å². The summed E-state index contributed by atoms with van der Waals surface area (Å²) in [5.74, 6) is 0.732. The first-order chi connectivity index (χ1) is 9.87. The Morgan fingerprint density at radius 3 is 2.86 bits per heavy atom. The number of nitrogens with two attached hydrogens (primary N) is 1. The highest BCUT2D eigenvalue weighted by molar-refractivity contribution is 7.91. The van der Waals surface area contributed by atoms with Crippen molar-refractivity contribution in [3.63, 3.8) is 0 Å². The summed E-state index contributed by atoms with van der Waals surface area (Å²) >= 11 is 0. The van der Waals surface area contributed by atoms with E-state index in [0.29, 0.717) is 17.9 Å². The molecule has 0 spiro atoms. The summed E-state index contributed by atoms with van der Waals surface area (Å²) in [4.78, 5) is 13.5. The molecule has 1 saturated heterocycles. The van der Waals surface area contributed by atoms with Gasteiger partial charge in [0.15, 0.2) is 9.84 Å². The van der Waals surface area contributed by atoms with E-state index >= 15 is 0 Å². The lowest BCUT2D eigenvalue weighted by molar-refractivity contribution is -0.132. The van der Waals surface area contributed by atoms with Crippen molar-refractivity contribution in [1.82, 2.24) is 4.90 Å². The predicted molar refractivity (Wildman–Crippen MR) is 80.8 cm³/mol. The summed E-state index contributed by atoms with van der Waals surface area (Å²) in [5.41, 5.74) is 6.24. The average molecular weight is 312 g/mol. The smallest absolute Gasteiger partial charge is 0.226 e. The topological polar surface area (TPSA) is 89.7 Å². The molecular formula is C14H20N2O4S. The van der Waals surface area contributed by atoms with Crippen molar-refractivity contribution in [3.05, 3.63) is 24.3 Å². The Kier molecular flexibility index (Phi) is 4.72. The number of sulfone groups is 1. The van der Waals surface area contributed by atoms with E-state index in [9.17, 15) is 13.2 Å². The summed E-state index contributed by atoms with van der Waals surface area (Å²) in [6.45, 7) is 0.242. The number of hydrogen-bond acceptors (Lipinski definition) is 5. The van der Waals surface area contributed by atoms with Crippen LogP contribution in [-0.2, 0) is 14.6 Å². The van der Waals surface area contributed by atoms with Gasteiger partial charge in [-0.25, -0.2) is 8.42 Å². The van der Waals surface area contributed by atoms with Gasteiger partial charge in [0.25, 0.3) is 0 Å². The third-order valence-electron chi connectivity index (χ3n) is 3.59. The lowest BCUT2D eigenvalue weighted by Gasteiger charge is -2.23. The maximum Gasteiger partial charge on any atom is 0.226 e. The lowest BCUT2D eigenvalue weighted by Crippen LogP contribution is -2.38. The second-order valence-corrected chi connectivity index (χ2v) is 7.46. The first-order valence-electron chi connectivity index (χ1n) is 6.82. The molecule has 116 valence electrons. The largest absolute Gasteiger partial charge is 0.493 e. The molecule has 1 atom stereocenters. The van der Waals surface area contributed by atoms with Crippen molar-refractivity contribution in [2.75, 3.05) is 30.9 Å². The lowest BCUT2D eigenvalue weighted by atomic mass is 10.2. The number of hydrogen-bond donors (Lipinski definition) is 1. The highest BCUT2D eigenvalue weighted by atomic mass is 32.2. The molecule has 6 nitrogen and oxygen atoms in total. The van der Waals surface area contributed by atoms with Gasteiger partial charge in [-0.2, -0.15) is 0 Å². The average Bonchev–Trinajstić information content (AvgIpc) is 2.78. The molecular weight excluding hydrogens is 292 g/mol. The molecule has 1 aromatic carbocycles. The van der Waals surface area contributed by atoms with Crippen LogP contribution in [0.3, 0.4) is 0 Å². The number of carbonyl (C=O) groups excluding carboxylic acids is 1. The minimum atomic E-state index is -2.98. The number of nitrogen functional groups attached to an aromatic ring is 1. The Labute approximate surface area is 124 Å². The Bertz CT molecular complexity index is 615. The second-order valence-electron chi connectivity index (χ2n) is 5.23. The van der Waals surface area contributed by atoms with Gasteiger partial charge in [0.05, 0.1) is 24.5 Å². The van der Waals surface area contributed by atoms with E-state index in [2.05, 4.69) is 0 Å². The van der Waals surface area contributed by atoms with E-state index in [-0.39, 0.29) is 36.5 Å². The molecule has 0 radical (unpaired) electrons. The van der Waals surface area contributed by atoms with Crippen LogP contribution in [-0.4, -0.2) is 50.4 Å². The molecule has 1 aliphatic rings. The van der Waals surface area contributed by atoms with E-state index in [0.717, 1.165) is 0 Å². The van der Waals surface area contributed by atoms with Crippen molar-refractivity contribution in [2.45, 2.75) is 18.9 Å². The fourth-order valence-corrected chi connectivity index (χ4v) is 4.10. The monoisotopic (exact) mass is 312 g/mol. The molecule has 1 aliphatic heterocycles. The normalized spacial score (nSPS) is 20.1. The van der Waals surface area contributed by atoms with E-state index in [1.165, 1.54) is 4.90 Å². The highest BCUT2D eigenvalue weighted by Gasteiger charge is 2.32. The number of ether oxygens (including phenoxy) is 1. The predicted octanol–water partition coefficient (Wildman–Crippen LogP) is 0.683. The van der Waals surface area contributed by atoms with Gasteiger partial charge in [0.2, 0.25) is 5.91 Å². The van der Waals surface area contributed by atoms with Crippen molar-refractivity contribution >= 4 is 21.4 Å². The van der Waals surface area contributed by atoms with E-state index in [1.807, 2.05) is 0 Å². The number of anilines is 1. The maximum absolute atomic E-state index is 12.0. The molecule has 1 unspecified atom stereocenters. The number of amides is 1. The molecule has 2 N–H and O–H groups in total. The zero-order chi connectivity index (χ0) is 15.5. The number of benzene rings is 1. The van der Waals surface area contributed by atoms with Crippen LogP contribution in [0.15, 0.2) is 24.3 Å². The summed E-state index contributed by atoms with van der Waals surface area (Å²) < 4.78 is 28.3. The summed E-state index contributed by atoms with van der Waals surface area (Å²) in [6.07, 6.45) is 0.725. The molecule has 21 heavy (non-hydrogen) atoms. The molecule has 1 heterocycles. The Balaban J connectivity index is 1.79. The van der Waals surface area contributed by atoms with Crippen LogP contribution in [0.1, 0.15) is 12.8 Å². The fraction of sp³-hybridized carbons (Fsp3) is 0.500. The van der Waals surface area contributed by atoms with Crippen LogP contribution in [0.4, 0.5) is 5.69 Å². The van der Waals surface area contributed by atoms with Crippen molar-refractivity contribution in [1.29, 1.82) is 0 Å². The minimum Gasteiger partial charge on any atom is -0.493 e. The molecule has 7 heteroatoms. The minimum absolute atomic E-state index is 0.0608. The van der Waals surface area contributed by atoms with E-state index in [1.54, 1.807) is 31.3 Å². The molecule has 2 rings (SSSR count). The molecule has 1 aromatic rings. The van der Waals surface area contributed by atoms with Gasteiger partial charge in [-0.3, -0.25) is 4.79 Å². The fourth-order valence-electron chi connectivity index (χ4n) is 2.32. The Hall–Kier alpha value is -1.76. The van der Waals surface area contributed by atoms with Gasteiger partial charge >= 0.3 is 0 Å². The summed E-state index contributed by atoms with van der Waals surface area (Å²) in [5, 5.41) is 0. The summed E-state index contributed by atoms with van der Waals surface area (Å²) in [6, 6.07) is 6.79. The Morgan fingerprint density at radius 2 is 2.24 bits per heavy atom. The van der Waals surface area contributed by atoms with Gasteiger partial charge in [0.1, 0.15) is 5.75 Å². The van der Waals surface area contributed by atoms with Crippen molar-refractivity contribution in [3.8, 4) is 5.75 Å². The van der Waals surface area contributed by atoms with Gasteiger partial charge in [-0.15, -0.1) is 0 Å². The standard InChI is InChI=1S/C14H20N2O4S/c1-16(12-6-8-21(18,19)10-12)14(17)5-7-20-13-4-2-3-11(15)9-13/h2-4,9,12H,5-8,10,15H2,1H3. The highest BCUT2D eigenvalue weighted by Crippen LogP contribution is 2.18. The maximum atomic E-state index is 12.0. The Morgan fingerprint density at radius 1 is 1.48 bits per heavy atom. The van der Waals surface area contributed by atoms with Crippen LogP contribution in [0.5, 0.6) is 5.75 Å². The number of carbonyl (C=O) groups is 1. The van der Waals surface area contributed by atoms with Gasteiger partial charge in [-0.1, -0.05) is 6.07 Å². The molecule has 1 fully saturated rings. The zero-order valence-corrected chi connectivity index (χ0v) is 12.8.